The zero-order valence-electron chi connectivity index (χ0n) is 14.1. The summed E-state index contributed by atoms with van der Waals surface area (Å²) in [5.74, 6) is 0.778. The summed E-state index contributed by atoms with van der Waals surface area (Å²) in [7, 11) is 0. The van der Waals surface area contributed by atoms with Crippen molar-refractivity contribution in [3.05, 3.63) is 47.3 Å². The molecule has 0 aliphatic carbocycles. The molecule has 1 heterocycles. The van der Waals surface area contributed by atoms with Gasteiger partial charge in [0.25, 0.3) is 0 Å². The Morgan fingerprint density at radius 1 is 1.18 bits per heavy atom. The summed E-state index contributed by atoms with van der Waals surface area (Å²) >= 11 is 0. The third-order valence-corrected chi connectivity index (χ3v) is 3.65. The van der Waals surface area contributed by atoms with Crippen LogP contribution in [0, 0.1) is 13.8 Å². The van der Waals surface area contributed by atoms with E-state index < -0.39 is 6.10 Å². The normalized spacial score (nSPS) is 13.2. The third-order valence-electron chi connectivity index (χ3n) is 3.65. The van der Waals surface area contributed by atoms with Crippen LogP contribution in [0.25, 0.3) is 0 Å². The first-order valence-corrected chi connectivity index (χ1v) is 7.68. The van der Waals surface area contributed by atoms with Gasteiger partial charge in [0.2, 0.25) is 0 Å². The summed E-state index contributed by atoms with van der Waals surface area (Å²) in [5.41, 5.74) is 3.41. The molecule has 0 radical (unpaired) electrons. The SMILES string of the molecule is Cc1cc(C)n(C[C@H](O)COc2ccc(C(C)(C)C)cc2)n1. The Hall–Kier alpha value is -1.81. The van der Waals surface area contributed by atoms with Gasteiger partial charge >= 0.3 is 0 Å². The van der Waals surface area contributed by atoms with E-state index >= 15 is 0 Å². The lowest BCUT2D eigenvalue weighted by molar-refractivity contribution is 0.0887. The van der Waals surface area contributed by atoms with E-state index in [1.807, 2.05) is 36.7 Å². The van der Waals surface area contributed by atoms with Gasteiger partial charge in [0.05, 0.1) is 12.2 Å². The first kappa shape index (κ1) is 16.6. The lowest BCUT2D eigenvalue weighted by Gasteiger charge is -2.19. The van der Waals surface area contributed by atoms with Gasteiger partial charge in [-0.3, -0.25) is 4.68 Å². The van der Waals surface area contributed by atoms with Crippen molar-refractivity contribution in [3.8, 4) is 5.75 Å². The van der Waals surface area contributed by atoms with Gasteiger partial charge in [-0.05, 0) is 43.0 Å². The first-order valence-electron chi connectivity index (χ1n) is 7.68. The van der Waals surface area contributed by atoms with Gasteiger partial charge in [0.1, 0.15) is 18.5 Å². The first-order chi connectivity index (χ1) is 10.3. The second kappa shape index (κ2) is 6.53. The van der Waals surface area contributed by atoms with Gasteiger partial charge in [-0.15, -0.1) is 0 Å². The van der Waals surface area contributed by atoms with E-state index in [1.54, 1.807) is 0 Å². The molecule has 120 valence electrons. The number of hydrogen-bond donors (Lipinski definition) is 1. The largest absolute Gasteiger partial charge is 0.491 e. The van der Waals surface area contributed by atoms with Crippen molar-refractivity contribution in [1.82, 2.24) is 9.78 Å². The highest BCUT2D eigenvalue weighted by atomic mass is 16.5. The van der Waals surface area contributed by atoms with Crippen LogP contribution in [0.3, 0.4) is 0 Å². The molecular weight excluding hydrogens is 276 g/mol. The Morgan fingerprint density at radius 2 is 1.82 bits per heavy atom. The van der Waals surface area contributed by atoms with Crippen molar-refractivity contribution < 1.29 is 9.84 Å². The molecule has 1 N–H and O–H groups in total. The van der Waals surface area contributed by atoms with Gasteiger partial charge < -0.3 is 9.84 Å². The molecule has 0 aliphatic heterocycles. The van der Waals surface area contributed by atoms with E-state index in [2.05, 4.69) is 38.0 Å². The van der Waals surface area contributed by atoms with Crippen LogP contribution in [-0.2, 0) is 12.0 Å². The zero-order chi connectivity index (χ0) is 16.3. The van der Waals surface area contributed by atoms with E-state index in [9.17, 15) is 5.11 Å². The fourth-order valence-corrected chi connectivity index (χ4v) is 2.36. The second-order valence-electron chi connectivity index (χ2n) is 6.85. The number of aryl methyl sites for hydroxylation is 2. The summed E-state index contributed by atoms with van der Waals surface area (Å²) in [4.78, 5) is 0. The van der Waals surface area contributed by atoms with Crippen LogP contribution >= 0.6 is 0 Å². The van der Waals surface area contributed by atoms with Crippen molar-refractivity contribution in [1.29, 1.82) is 0 Å². The predicted octanol–water partition coefficient (Wildman–Crippen LogP) is 3.24. The molecule has 1 atom stereocenters. The van der Waals surface area contributed by atoms with E-state index in [0.29, 0.717) is 6.54 Å². The van der Waals surface area contributed by atoms with Gasteiger partial charge in [-0.1, -0.05) is 32.9 Å². The number of aliphatic hydroxyl groups is 1. The highest BCUT2D eigenvalue weighted by molar-refractivity contribution is 5.31. The van der Waals surface area contributed by atoms with E-state index in [0.717, 1.165) is 17.1 Å². The molecule has 0 unspecified atom stereocenters. The third kappa shape index (κ3) is 4.34. The second-order valence-corrected chi connectivity index (χ2v) is 6.85. The fraction of sp³-hybridized carbons (Fsp3) is 0.500. The number of ether oxygens (including phenoxy) is 1. The molecule has 22 heavy (non-hydrogen) atoms. The maximum Gasteiger partial charge on any atom is 0.119 e. The molecule has 2 aromatic rings. The fourth-order valence-electron chi connectivity index (χ4n) is 2.36. The average molecular weight is 302 g/mol. The van der Waals surface area contributed by atoms with Gasteiger partial charge in [-0.25, -0.2) is 0 Å². The molecule has 4 nitrogen and oxygen atoms in total. The highest BCUT2D eigenvalue weighted by Gasteiger charge is 2.13. The number of benzene rings is 1. The smallest absolute Gasteiger partial charge is 0.119 e. The molecule has 0 saturated carbocycles. The molecule has 0 saturated heterocycles. The molecule has 2 rings (SSSR count). The van der Waals surface area contributed by atoms with Crippen LogP contribution < -0.4 is 4.74 Å². The Labute approximate surface area is 132 Å². The minimum atomic E-state index is -0.583. The highest BCUT2D eigenvalue weighted by Crippen LogP contribution is 2.24. The van der Waals surface area contributed by atoms with Crippen LogP contribution in [0.15, 0.2) is 30.3 Å². The van der Waals surface area contributed by atoms with Crippen LogP contribution in [0.5, 0.6) is 5.75 Å². The lowest BCUT2D eigenvalue weighted by atomic mass is 9.87. The van der Waals surface area contributed by atoms with E-state index in [4.69, 9.17) is 4.74 Å². The molecule has 0 spiro atoms. The predicted molar refractivity (Wildman–Crippen MR) is 88.3 cm³/mol. The van der Waals surface area contributed by atoms with Crippen molar-refractivity contribution >= 4 is 0 Å². The van der Waals surface area contributed by atoms with Crippen LogP contribution in [0.2, 0.25) is 0 Å². The molecule has 1 aromatic heterocycles. The molecular formula is C18H26N2O2. The minimum Gasteiger partial charge on any atom is -0.491 e. The maximum absolute atomic E-state index is 10.1. The summed E-state index contributed by atoms with van der Waals surface area (Å²) in [6.07, 6.45) is -0.583. The quantitative estimate of drug-likeness (QED) is 0.922. The number of nitrogens with zero attached hydrogens (tertiary/aromatic N) is 2. The summed E-state index contributed by atoms with van der Waals surface area (Å²) < 4.78 is 7.47. The van der Waals surface area contributed by atoms with Gasteiger partial charge in [0.15, 0.2) is 0 Å². The molecule has 1 aromatic carbocycles. The molecule has 0 fully saturated rings. The Kier molecular flexibility index (Phi) is 4.91. The zero-order valence-corrected chi connectivity index (χ0v) is 14.1. The van der Waals surface area contributed by atoms with Crippen molar-refractivity contribution in [2.45, 2.75) is 52.7 Å². The van der Waals surface area contributed by atoms with Crippen molar-refractivity contribution in [2.75, 3.05) is 6.61 Å². The molecule has 4 heteroatoms. The average Bonchev–Trinajstić information content (AvgIpc) is 2.74. The monoisotopic (exact) mass is 302 g/mol. The summed E-state index contributed by atoms with van der Waals surface area (Å²) in [6.45, 7) is 11.2. The Morgan fingerprint density at radius 3 is 2.32 bits per heavy atom. The van der Waals surface area contributed by atoms with Crippen molar-refractivity contribution in [2.24, 2.45) is 0 Å². The molecule has 0 amide bonds. The van der Waals surface area contributed by atoms with Crippen LogP contribution in [0.1, 0.15) is 37.7 Å². The topological polar surface area (TPSA) is 47.3 Å². The standard InChI is InChI=1S/C18H26N2O2/c1-13-10-14(2)20(19-13)11-16(21)12-22-17-8-6-15(7-9-17)18(3,4)5/h6-10,16,21H,11-12H2,1-5H3/t16-/m0/s1. The number of aliphatic hydroxyl groups excluding tert-OH is 1. The Balaban J connectivity index is 1.88. The number of hydrogen-bond acceptors (Lipinski definition) is 3. The molecule has 0 bridgehead atoms. The van der Waals surface area contributed by atoms with E-state index in [-0.39, 0.29) is 12.0 Å². The van der Waals surface area contributed by atoms with Gasteiger partial charge in [0, 0.05) is 5.69 Å². The van der Waals surface area contributed by atoms with Crippen LogP contribution in [0.4, 0.5) is 0 Å². The van der Waals surface area contributed by atoms with E-state index in [1.165, 1.54) is 5.56 Å². The van der Waals surface area contributed by atoms with Crippen LogP contribution in [-0.4, -0.2) is 27.6 Å². The Bertz CT molecular complexity index is 609. The summed E-state index contributed by atoms with van der Waals surface area (Å²) in [5, 5.41) is 14.4. The van der Waals surface area contributed by atoms with Crippen molar-refractivity contribution in [3.63, 3.8) is 0 Å². The lowest BCUT2D eigenvalue weighted by Crippen LogP contribution is -2.24. The van der Waals surface area contributed by atoms with Gasteiger partial charge in [-0.2, -0.15) is 5.10 Å². The number of aromatic nitrogens is 2. The minimum absolute atomic E-state index is 0.132. The number of rotatable bonds is 5. The summed E-state index contributed by atoms with van der Waals surface area (Å²) in [6, 6.07) is 10.1. The molecule has 0 aliphatic rings. The maximum atomic E-state index is 10.1.